The maximum atomic E-state index is 11.7. The molecule has 1 amide bonds. The summed E-state index contributed by atoms with van der Waals surface area (Å²) in [4.78, 5) is 22.7. The Balaban J connectivity index is 1.75. The maximum absolute atomic E-state index is 11.7. The molecule has 0 unspecified atom stereocenters. The first-order chi connectivity index (χ1) is 9.15. The Bertz CT molecular complexity index is 447. The molecule has 0 bridgehead atoms. The van der Waals surface area contributed by atoms with E-state index < -0.39 is 12.0 Å². The van der Waals surface area contributed by atoms with Crippen LogP contribution in [0.2, 0.25) is 0 Å². The zero-order valence-corrected chi connectivity index (χ0v) is 10.7. The lowest BCUT2D eigenvalue weighted by molar-refractivity contribution is -0.146. The molecule has 1 aromatic rings. The second-order valence-corrected chi connectivity index (χ2v) is 4.73. The van der Waals surface area contributed by atoms with Crippen LogP contribution in [0.3, 0.4) is 0 Å². The lowest BCUT2D eigenvalue weighted by atomic mass is 10.1. The molecular formula is C14H18N2O3. The summed E-state index contributed by atoms with van der Waals surface area (Å²) in [6.07, 6.45) is 1.66. The topological polar surface area (TPSA) is 81.4 Å². The highest BCUT2D eigenvalue weighted by atomic mass is 16.5. The quantitative estimate of drug-likeness (QED) is 0.752. The third kappa shape index (κ3) is 4.06. The van der Waals surface area contributed by atoms with Crippen LogP contribution in [-0.4, -0.2) is 30.6 Å². The second kappa shape index (κ2) is 6.33. The Labute approximate surface area is 112 Å². The fraction of sp³-hybridized carbons (Fsp3) is 0.429. The van der Waals surface area contributed by atoms with E-state index in [-0.39, 0.29) is 18.6 Å². The van der Waals surface area contributed by atoms with Crippen molar-refractivity contribution in [1.29, 1.82) is 0 Å². The van der Waals surface area contributed by atoms with E-state index in [0.717, 1.165) is 5.56 Å². The van der Waals surface area contributed by atoms with Crippen LogP contribution in [0, 0.1) is 0 Å². The number of nitrogens with one attached hydrogen (secondary N) is 1. The minimum Gasteiger partial charge on any atom is -0.462 e. The Kier molecular flexibility index (Phi) is 4.52. The number of hydrogen-bond acceptors (Lipinski definition) is 4. The number of rotatable bonds is 5. The summed E-state index contributed by atoms with van der Waals surface area (Å²) in [5.74, 6) is -0.417. The van der Waals surface area contributed by atoms with E-state index in [1.54, 1.807) is 0 Å². The first-order valence-electron chi connectivity index (χ1n) is 6.40. The molecule has 102 valence electrons. The normalized spacial score (nSPS) is 19.8. The summed E-state index contributed by atoms with van der Waals surface area (Å²) < 4.78 is 5.13. The zero-order valence-electron chi connectivity index (χ0n) is 10.7. The molecule has 19 heavy (non-hydrogen) atoms. The summed E-state index contributed by atoms with van der Waals surface area (Å²) in [6, 6.07) is 8.83. The van der Waals surface area contributed by atoms with Crippen molar-refractivity contribution >= 4 is 11.9 Å². The van der Waals surface area contributed by atoms with E-state index in [0.29, 0.717) is 19.3 Å². The lowest BCUT2D eigenvalue weighted by Gasteiger charge is -2.14. The van der Waals surface area contributed by atoms with E-state index in [2.05, 4.69) is 5.32 Å². The van der Waals surface area contributed by atoms with Crippen LogP contribution in [0.5, 0.6) is 0 Å². The van der Waals surface area contributed by atoms with Gasteiger partial charge in [0.2, 0.25) is 5.91 Å². The van der Waals surface area contributed by atoms with Gasteiger partial charge in [0, 0.05) is 6.42 Å². The summed E-state index contributed by atoms with van der Waals surface area (Å²) in [5, 5.41) is 2.74. The molecule has 5 nitrogen and oxygen atoms in total. The standard InChI is InChI=1S/C14H18N2O3/c15-12(8-10-4-2-1-3-5-10)14(18)19-9-11-6-7-13(17)16-11/h1-5,11-12H,6-9,15H2,(H,16,17)/t11-,12+/m1/s1. The molecule has 0 saturated carbocycles. The number of hydrogen-bond donors (Lipinski definition) is 2. The number of amides is 1. The van der Waals surface area contributed by atoms with Crippen molar-refractivity contribution in [2.24, 2.45) is 5.73 Å². The average Bonchev–Trinajstić information content (AvgIpc) is 2.83. The highest BCUT2D eigenvalue weighted by molar-refractivity contribution is 5.79. The SMILES string of the molecule is N[C@@H](Cc1ccccc1)C(=O)OC[C@H]1CCC(=O)N1. The van der Waals surface area contributed by atoms with Gasteiger partial charge in [-0.2, -0.15) is 0 Å². The molecule has 1 fully saturated rings. The number of benzene rings is 1. The predicted molar refractivity (Wildman–Crippen MR) is 70.2 cm³/mol. The first-order valence-corrected chi connectivity index (χ1v) is 6.40. The summed E-state index contributed by atoms with van der Waals surface area (Å²) in [6.45, 7) is 0.201. The van der Waals surface area contributed by atoms with Crippen molar-refractivity contribution in [3.63, 3.8) is 0 Å². The molecule has 1 aromatic carbocycles. The van der Waals surface area contributed by atoms with E-state index in [1.165, 1.54) is 0 Å². The predicted octanol–water partition coefficient (Wildman–Crippen LogP) is 0.378. The van der Waals surface area contributed by atoms with Crippen LogP contribution in [0.15, 0.2) is 30.3 Å². The summed E-state index contributed by atoms with van der Waals surface area (Å²) >= 11 is 0. The summed E-state index contributed by atoms with van der Waals surface area (Å²) in [7, 11) is 0. The number of carbonyl (C=O) groups excluding carboxylic acids is 2. The van der Waals surface area contributed by atoms with Gasteiger partial charge >= 0.3 is 5.97 Å². The van der Waals surface area contributed by atoms with E-state index >= 15 is 0 Å². The number of carbonyl (C=O) groups is 2. The Morgan fingerprint density at radius 1 is 1.42 bits per heavy atom. The number of nitrogens with two attached hydrogens (primary N) is 1. The third-order valence-corrected chi connectivity index (χ3v) is 3.11. The van der Waals surface area contributed by atoms with Crippen molar-refractivity contribution < 1.29 is 14.3 Å². The maximum Gasteiger partial charge on any atom is 0.323 e. The molecular weight excluding hydrogens is 244 g/mol. The van der Waals surface area contributed by atoms with Crippen LogP contribution in [0.1, 0.15) is 18.4 Å². The van der Waals surface area contributed by atoms with Gasteiger partial charge < -0.3 is 15.8 Å². The molecule has 0 radical (unpaired) electrons. The molecule has 1 aliphatic heterocycles. The molecule has 0 spiro atoms. The fourth-order valence-electron chi connectivity index (χ4n) is 2.04. The van der Waals surface area contributed by atoms with Crippen molar-refractivity contribution in [1.82, 2.24) is 5.32 Å². The second-order valence-electron chi connectivity index (χ2n) is 4.73. The van der Waals surface area contributed by atoms with E-state index in [1.807, 2.05) is 30.3 Å². The van der Waals surface area contributed by atoms with Crippen LogP contribution in [-0.2, 0) is 20.7 Å². The monoisotopic (exact) mass is 262 g/mol. The first kappa shape index (κ1) is 13.5. The van der Waals surface area contributed by atoms with Crippen molar-refractivity contribution in [3.8, 4) is 0 Å². The van der Waals surface area contributed by atoms with Crippen molar-refractivity contribution in [2.45, 2.75) is 31.3 Å². The largest absolute Gasteiger partial charge is 0.462 e. The molecule has 2 rings (SSSR count). The molecule has 1 aliphatic rings. The number of ether oxygens (including phenoxy) is 1. The average molecular weight is 262 g/mol. The third-order valence-electron chi connectivity index (χ3n) is 3.11. The molecule has 1 saturated heterocycles. The fourth-order valence-corrected chi connectivity index (χ4v) is 2.04. The smallest absolute Gasteiger partial charge is 0.323 e. The van der Waals surface area contributed by atoms with Gasteiger partial charge in [0.15, 0.2) is 0 Å². The Morgan fingerprint density at radius 2 is 2.16 bits per heavy atom. The molecule has 0 aromatic heterocycles. The highest BCUT2D eigenvalue weighted by Gasteiger charge is 2.23. The van der Waals surface area contributed by atoms with Crippen LogP contribution < -0.4 is 11.1 Å². The van der Waals surface area contributed by atoms with Gasteiger partial charge in [-0.05, 0) is 18.4 Å². The molecule has 1 heterocycles. The molecule has 3 N–H and O–H groups in total. The zero-order chi connectivity index (χ0) is 13.7. The molecule has 0 aliphatic carbocycles. The highest BCUT2D eigenvalue weighted by Crippen LogP contribution is 2.08. The van der Waals surface area contributed by atoms with Gasteiger partial charge in [0.05, 0.1) is 6.04 Å². The minimum absolute atomic E-state index is 0.00892. The van der Waals surface area contributed by atoms with Gasteiger partial charge in [-0.1, -0.05) is 30.3 Å². The summed E-state index contributed by atoms with van der Waals surface area (Å²) in [5.41, 5.74) is 6.80. The number of esters is 1. The lowest BCUT2D eigenvalue weighted by Crippen LogP contribution is -2.38. The van der Waals surface area contributed by atoms with Crippen LogP contribution in [0.4, 0.5) is 0 Å². The van der Waals surface area contributed by atoms with Gasteiger partial charge in [0.1, 0.15) is 12.6 Å². The van der Waals surface area contributed by atoms with Crippen LogP contribution in [0.25, 0.3) is 0 Å². The van der Waals surface area contributed by atoms with Gasteiger partial charge in [0.25, 0.3) is 0 Å². The van der Waals surface area contributed by atoms with E-state index in [4.69, 9.17) is 10.5 Å². The van der Waals surface area contributed by atoms with Crippen LogP contribution >= 0.6 is 0 Å². The van der Waals surface area contributed by atoms with Crippen molar-refractivity contribution in [3.05, 3.63) is 35.9 Å². The molecule has 5 heteroatoms. The Hall–Kier alpha value is -1.88. The van der Waals surface area contributed by atoms with Crippen molar-refractivity contribution in [2.75, 3.05) is 6.61 Å². The minimum atomic E-state index is -0.667. The van der Waals surface area contributed by atoms with E-state index in [9.17, 15) is 9.59 Å². The molecule has 2 atom stereocenters. The van der Waals surface area contributed by atoms with Gasteiger partial charge in [-0.3, -0.25) is 9.59 Å². The van der Waals surface area contributed by atoms with Gasteiger partial charge in [-0.15, -0.1) is 0 Å². The van der Waals surface area contributed by atoms with Gasteiger partial charge in [-0.25, -0.2) is 0 Å². The Morgan fingerprint density at radius 3 is 2.79 bits per heavy atom.